The third-order valence-corrected chi connectivity index (χ3v) is 3.79. The summed E-state index contributed by atoms with van der Waals surface area (Å²) in [6.45, 7) is 4.41. The summed E-state index contributed by atoms with van der Waals surface area (Å²) in [6.07, 6.45) is 3.59. The quantitative estimate of drug-likeness (QED) is 0.898. The zero-order valence-electron chi connectivity index (χ0n) is 12.1. The van der Waals surface area contributed by atoms with Gasteiger partial charge in [0, 0.05) is 13.0 Å². The highest BCUT2D eigenvalue weighted by Crippen LogP contribution is 2.18. The van der Waals surface area contributed by atoms with Crippen LogP contribution >= 0.6 is 0 Å². The van der Waals surface area contributed by atoms with Crippen LogP contribution in [-0.2, 0) is 9.53 Å². The summed E-state index contributed by atoms with van der Waals surface area (Å²) in [5, 5.41) is 2.91. The maximum Gasteiger partial charge on any atom is 0.220 e. The highest BCUT2D eigenvalue weighted by molar-refractivity contribution is 5.76. The van der Waals surface area contributed by atoms with Crippen molar-refractivity contribution in [2.75, 3.05) is 6.61 Å². The SMILES string of the molecule is Cc1ccc([C@H](C)NC(=O)CC[C@@H]2CCCO2)cc1F. The van der Waals surface area contributed by atoms with E-state index in [9.17, 15) is 9.18 Å². The van der Waals surface area contributed by atoms with Crippen LogP contribution in [-0.4, -0.2) is 18.6 Å². The van der Waals surface area contributed by atoms with Crippen molar-refractivity contribution in [1.82, 2.24) is 5.32 Å². The first kappa shape index (κ1) is 15.0. The number of nitrogens with one attached hydrogen (secondary N) is 1. The molecular formula is C16H22FNO2. The molecule has 1 heterocycles. The summed E-state index contributed by atoms with van der Waals surface area (Å²) in [4.78, 5) is 11.9. The van der Waals surface area contributed by atoms with Crippen LogP contribution in [0.1, 0.15) is 49.8 Å². The molecule has 0 saturated carbocycles. The molecule has 1 saturated heterocycles. The van der Waals surface area contributed by atoms with Gasteiger partial charge >= 0.3 is 0 Å². The lowest BCUT2D eigenvalue weighted by Gasteiger charge is -2.16. The Morgan fingerprint density at radius 2 is 2.35 bits per heavy atom. The Labute approximate surface area is 119 Å². The number of hydrogen-bond donors (Lipinski definition) is 1. The second-order valence-electron chi connectivity index (χ2n) is 5.47. The number of rotatable bonds is 5. The van der Waals surface area contributed by atoms with E-state index in [1.165, 1.54) is 6.07 Å². The molecule has 4 heteroatoms. The molecule has 0 aromatic heterocycles. The number of carbonyl (C=O) groups is 1. The molecule has 1 aliphatic rings. The van der Waals surface area contributed by atoms with Gasteiger partial charge in [0.05, 0.1) is 12.1 Å². The summed E-state index contributed by atoms with van der Waals surface area (Å²) >= 11 is 0. The number of amides is 1. The van der Waals surface area contributed by atoms with Crippen molar-refractivity contribution in [3.63, 3.8) is 0 Å². The minimum atomic E-state index is -0.233. The molecule has 1 fully saturated rings. The van der Waals surface area contributed by atoms with Crippen LogP contribution in [0.5, 0.6) is 0 Å². The van der Waals surface area contributed by atoms with Crippen molar-refractivity contribution >= 4 is 5.91 Å². The molecule has 2 rings (SSSR count). The van der Waals surface area contributed by atoms with Gasteiger partial charge in [0.1, 0.15) is 5.82 Å². The Hall–Kier alpha value is -1.42. The molecule has 0 bridgehead atoms. The maximum absolute atomic E-state index is 13.5. The summed E-state index contributed by atoms with van der Waals surface area (Å²) in [6, 6.07) is 4.89. The molecule has 1 amide bonds. The van der Waals surface area contributed by atoms with Crippen molar-refractivity contribution in [2.45, 2.75) is 51.7 Å². The minimum Gasteiger partial charge on any atom is -0.378 e. The second kappa shape index (κ2) is 6.84. The molecule has 0 unspecified atom stereocenters. The molecule has 0 spiro atoms. The standard InChI is InChI=1S/C16H22FNO2/c1-11-5-6-13(10-15(11)17)12(2)18-16(19)8-7-14-4-3-9-20-14/h5-6,10,12,14H,3-4,7-9H2,1-2H3,(H,18,19)/t12-,14-/m0/s1. The van der Waals surface area contributed by atoms with Gasteiger partial charge in [-0.15, -0.1) is 0 Å². The van der Waals surface area contributed by atoms with Gasteiger partial charge in [-0.2, -0.15) is 0 Å². The first-order valence-electron chi connectivity index (χ1n) is 7.23. The Balaban J connectivity index is 1.81. The van der Waals surface area contributed by atoms with Gasteiger partial charge in [0.25, 0.3) is 0 Å². The fourth-order valence-corrected chi connectivity index (χ4v) is 2.44. The lowest BCUT2D eigenvalue weighted by Crippen LogP contribution is -2.27. The molecule has 1 aromatic rings. The summed E-state index contributed by atoms with van der Waals surface area (Å²) in [5.41, 5.74) is 1.41. The molecule has 1 aliphatic heterocycles. The average molecular weight is 279 g/mol. The molecule has 1 aromatic carbocycles. The van der Waals surface area contributed by atoms with Gasteiger partial charge in [0.15, 0.2) is 0 Å². The largest absolute Gasteiger partial charge is 0.378 e. The van der Waals surface area contributed by atoms with Crippen molar-refractivity contribution in [1.29, 1.82) is 0 Å². The third-order valence-electron chi connectivity index (χ3n) is 3.79. The smallest absolute Gasteiger partial charge is 0.220 e. The van der Waals surface area contributed by atoms with Crippen LogP contribution in [0.4, 0.5) is 4.39 Å². The minimum absolute atomic E-state index is 0.00557. The first-order chi connectivity index (χ1) is 9.56. The van der Waals surface area contributed by atoms with Gasteiger partial charge in [-0.3, -0.25) is 4.79 Å². The molecule has 1 N–H and O–H groups in total. The number of benzene rings is 1. The van der Waals surface area contributed by atoms with Gasteiger partial charge in [0.2, 0.25) is 5.91 Å². The van der Waals surface area contributed by atoms with Gasteiger partial charge in [-0.25, -0.2) is 4.39 Å². The van der Waals surface area contributed by atoms with Gasteiger partial charge in [-0.1, -0.05) is 12.1 Å². The number of carbonyl (C=O) groups excluding carboxylic acids is 1. The Morgan fingerprint density at radius 3 is 3.00 bits per heavy atom. The van der Waals surface area contributed by atoms with Crippen LogP contribution < -0.4 is 5.32 Å². The Morgan fingerprint density at radius 1 is 1.55 bits per heavy atom. The fraction of sp³-hybridized carbons (Fsp3) is 0.562. The summed E-state index contributed by atoms with van der Waals surface area (Å²) in [5.74, 6) is -0.239. The van der Waals surface area contributed by atoms with E-state index >= 15 is 0 Å². The zero-order chi connectivity index (χ0) is 14.5. The van der Waals surface area contributed by atoms with Crippen molar-refractivity contribution in [2.24, 2.45) is 0 Å². The predicted molar refractivity (Wildman–Crippen MR) is 75.9 cm³/mol. The molecule has 0 radical (unpaired) electrons. The van der Waals surface area contributed by atoms with Gasteiger partial charge < -0.3 is 10.1 Å². The molecular weight excluding hydrogens is 257 g/mol. The topological polar surface area (TPSA) is 38.3 Å². The molecule has 20 heavy (non-hydrogen) atoms. The molecule has 0 aliphatic carbocycles. The van der Waals surface area contributed by atoms with Crippen molar-refractivity contribution in [3.8, 4) is 0 Å². The maximum atomic E-state index is 13.5. The van der Waals surface area contributed by atoms with E-state index in [0.717, 1.165) is 31.4 Å². The van der Waals surface area contributed by atoms with Crippen LogP contribution in [0.25, 0.3) is 0 Å². The van der Waals surface area contributed by atoms with Crippen LogP contribution in [0, 0.1) is 12.7 Å². The van der Waals surface area contributed by atoms with Crippen LogP contribution in [0.3, 0.4) is 0 Å². The summed E-state index contributed by atoms with van der Waals surface area (Å²) in [7, 11) is 0. The van der Waals surface area contributed by atoms with Crippen LogP contribution in [0.2, 0.25) is 0 Å². The fourth-order valence-electron chi connectivity index (χ4n) is 2.44. The third kappa shape index (κ3) is 4.04. The first-order valence-corrected chi connectivity index (χ1v) is 7.23. The molecule has 110 valence electrons. The Bertz CT molecular complexity index is 470. The monoisotopic (exact) mass is 279 g/mol. The van der Waals surface area contributed by atoms with Crippen LogP contribution in [0.15, 0.2) is 18.2 Å². The lowest BCUT2D eigenvalue weighted by atomic mass is 10.1. The molecule has 3 nitrogen and oxygen atoms in total. The number of halogens is 1. The summed E-state index contributed by atoms with van der Waals surface area (Å²) < 4.78 is 19.0. The second-order valence-corrected chi connectivity index (χ2v) is 5.47. The van der Waals surface area contributed by atoms with E-state index in [2.05, 4.69) is 5.32 Å². The van der Waals surface area contributed by atoms with E-state index in [4.69, 9.17) is 4.74 Å². The number of hydrogen-bond acceptors (Lipinski definition) is 2. The van der Waals surface area contributed by atoms with Crippen molar-refractivity contribution < 1.29 is 13.9 Å². The average Bonchev–Trinajstić information content (AvgIpc) is 2.92. The number of aryl methyl sites for hydroxylation is 1. The van der Waals surface area contributed by atoms with E-state index in [0.29, 0.717) is 12.0 Å². The number of ether oxygens (including phenoxy) is 1. The van der Waals surface area contributed by atoms with E-state index in [1.807, 2.05) is 13.0 Å². The normalized spacial score (nSPS) is 19.9. The Kier molecular flexibility index (Phi) is 5.12. The molecule has 2 atom stereocenters. The van der Waals surface area contributed by atoms with Gasteiger partial charge in [-0.05, 0) is 50.3 Å². The zero-order valence-corrected chi connectivity index (χ0v) is 12.1. The van der Waals surface area contributed by atoms with E-state index in [-0.39, 0.29) is 23.9 Å². The van der Waals surface area contributed by atoms with Crippen molar-refractivity contribution in [3.05, 3.63) is 35.1 Å². The van der Waals surface area contributed by atoms with E-state index < -0.39 is 0 Å². The van der Waals surface area contributed by atoms with E-state index in [1.54, 1.807) is 13.0 Å². The highest BCUT2D eigenvalue weighted by atomic mass is 19.1. The predicted octanol–water partition coefficient (Wildman–Crippen LogP) is 3.27. The highest BCUT2D eigenvalue weighted by Gasteiger charge is 2.17. The lowest BCUT2D eigenvalue weighted by molar-refractivity contribution is -0.122.